The van der Waals surface area contributed by atoms with Crippen LogP contribution in [0.2, 0.25) is 0 Å². The summed E-state index contributed by atoms with van der Waals surface area (Å²) in [5.41, 5.74) is 1.62. The van der Waals surface area contributed by atoms with Crippen LogP contribution >= 0.6 is 0 Å². The Hall–Kier alpha value is -3.68. The van der Waals surface area contributed by atoms with Crippen molar-refractivity contribution in [3.63, 3.8) is 0 Å². The lowest BCUT2D eigenvalue weighted by Crippen LogP contribution is -2.33. The van der Waals surface area contributed by atoms with E-state index in [2.05, 4.69) is 20.8 Å². The Morgan fingerprint density at radius 1 is 1.11 bits per heavy atom. The highest BCUT2D eigenvalue weighted by Crippen LogP contribution is 2.21. The zero-order valence-corrected chi connectivity index (χ0v) is 15.6. The van der Waals surface area contributed by atoms with Crippen LogP contribution in [-0.4, -0.2) is 35.7 Å². The van der Waals surface area contributed by atoms with Crippen molar-refractivity contribution in [2.45, 2.75) is 13.3 Å². The molecule has 0 aliphatic rings. The second-order valence-corrected chi connectivity index (χ2v) is 5.87. The minimum Gasteiger partial charge on any atom is -0.496 e. The lowest BCUT2D eigenvalue weighted by atomic mass is 10.2. The molecule has 1 heterocycles. The third kappa shape index (κ3) is 4.53. The Morgan fingerprint density at radius 2 is 1.93 bits per heavy atom. The number of rotatable bonds is 7. The number of carbonyl (C=O) groups is 2. The van der Waals surface area contributed by atoms with Crippen LogP contribution in [0, 0.1) is 0 Å². The molecule has 0 unspecified atom stereocenters. The molecule has 0 aliphatic heterocycles. The third-order valence-corrected chi connectivity index (χ3v) is 3.92. The van der Waals surface area contributed by atoms with E-state index in [4.69, 9.17) is 9.15 Å². The summed E-state index contributed by atoms with van der Waals surface area (Å²) in [4.78, 5) is 24.4. The smallest absolute Gasteiger partial charge is 0.255 e. The Bertz CT molecular complexity index is 984. The van der Waals surface area contributed by atoms with E-state index < -0.39 is 0 Å². The van der Waals surface area contributed by atoms with Crippen molar-refractivity contribution in [3.8, 4) is 17.2 Å². The third-order valence-electron chi connectivity index (χ3n) is 3.92. The molecule has 8 nitrogen and oxygen atoms in total. The monoisotopic (exact) mass is 380 g/mol. The molecule has 0 saturated heterocycles. The van der Waals surface area contributed by atoms with Gasteiger partial charge < -0.3 is 19.8 Å². The Kier molecular flexibility index (Phi) is 6.01. The number of hydrogen-bond donors (Lipinski definition) is 2. The largest absolute Gasteiger partial charge is 0.496 e. The van der Waals surface area contributed by atoms with Crippen LogP contribution in [0.15, 0.2) is 52.9 Å². The molecule has 0 aliphatic carbocycles. The van der Waals surface area contributed by atoms with Crippen LogP contribution in [0.25, 0.3) is 11.5 Å². The van der Waals surface area contributed by atoms with Crippen molar-refractivity contribution >= 4 is 17.5 Å². The number of ether oxygens (including phenoxy) is 1. The molecule has 0 atom stereocenters. The lowest BCUT2D eigenvalue weighted by Gasteiger charge is -2.10. The molecule has 1 aromatic heterocycles. The van der Waals surface area contributed by atoms with Crippen molar-refractivity contribution in [1.29, 1.82) is 0 Å². The zero-order chi connectivity index (χ0) is 19.9. The molecule has 2 aromatic carbocycles. The molecular weight excluding hydrogens is 360 g/mol. The first-order valence-corrected chi connectivity index (χ1v) is 8.74. The van der Waals surface area contributed by atoms with Gasteiger partial charge in [-0.05, 0) is 30.3 Å². The maximum Gasteiger partial charge on any atom is 0.255 e. The predicted octanol–water partition coefficient (Wildman–Crippen LogP) is 2.68. The molecule has 0 spiro atoms. The molecule has 0 fully saturated rings. The molecule has 3 aromatic rings. The van der Waals surface area contributed by atoms with E-state index in [0.717, 1.165) is 0 Å². The number of aryl methyl sites for hydroxylation is 1. The highest BCUT2D eigenvalue weighted by Gasteiger charge is 2.13. The summed E-state index contributed by atoms with van der Waals surface area (Å²) in [5.74, 6) is 0.625. The summed E-state index contributed by atoms with van der Waals surface area (Å²) in [7, 11) is 1.48. The van der Waals surface area contributed by atoms with E-state index in [-0.39, 0.29) is 18.4 Å². The summed E-state index contributed by atoms with van der Waals surface area (Å²) in [5, 5.41) is 13.2. The second-order valence-electron chi connectivity index (χ2n) is 5.87. The first-order valence-electron chi connectivity index (χ1n) is 8.74. The van der Waals surface area contributed by atoms with Crippen molar-refractivity contribution in [3.05, 3.63) is 60.0 Å². The number of aromatic nitrogens is 2. The molecule has 28 heavy (non-hydrogen) atoms. The molecule has 144 valence electrons. The van der Waals surface area contributed by atoms with Crippen LogP contribution in [0.5, 0.6) is 5.75 Å². The molecule has 0 bridgehead atoms. The number of hydrogen-bond acceptors (Lipinski definition) is 6. The Balaban J connectivity index is 1.60. The van der Waals surface area contributed by atoms with Crippen molar-refractivity contribution < 1.29 is 18.7 Å². The van der Waals surface area contributed by atoms with Crippen molar-refractivity contribution in [1.82, 2.24) is 15.5 Å². The van der Waals surface area contributed by atoms with Gasteiger partial charge in [0.05, 0.1) is 19.2 Å². The van der Waals surface area contributed by atoms with Gasteiger partial charge in [-0.2, -0.15) is 0 Å². The Morgan fingerprint density at radius 3 is 2.68 bits per heavy atom. The highest BCUT2D eigenvalue weighted by atomic mass is 16.5. The van der Waals surface area contributed by atoms with E-state index in [0.29, 0.717) is 40.8 Å². The maximum atomic E-state index is 12.3. The minimum atomic E-state index is -0.390. The van der Waals surface area contributed by atoms with E-state index in [1.165, 1.54) is 7.11 Å². The lowest BCUT2D eigenvalue weighted by molar-refractivity contribution is -0.115. The molecule has 0 radical (unpaired) electrons. The number of para-hydroxylation sites is 1. The van der Waals surface area contributed by atoms with E-state index in [1.807, 2.05) is 13.0 Å². The van der Waals surface area contributed by atoms with Gasteiger partial charge in [0, 0.05) is 17.7 Å². The fourth-order valence-electron chi connectivity index (χ4n) is 2.54. The van der Waals surface area contributed by atoms with Gasteiger partial charge in [0.1, 0.15) is 5.75 Å². The number of methoxy groups -OCH3 is 1. The normalized spacial score (nSPS) is 10.4. The zero-order valence-electron chi connectivity index (χ0n) is 15.6. The van der Waals surface area contributed by atoms with Gasteiger partial charge in [-0.3, -0.25) is 9.59 Å². The average molecular weight is 380 g/mol. The first-order chi connectivity index (χ1) is 13.6. The summed E-state index contributed by atoms with van der Waals surface area (Å²) in [6.45, 7) is 1.74. The van der Waals surface area contributed by atoms with Crippen LogP contribution in [0.4, 0.5) is 5.69 Å². The van der Waals surface area contributed by atoms with Gasteiger partial charge in [0.15, 0.2) is 0 Å². The molecule has 3 rings (SSSR count). The van der Waals surface area contributed by atoms with Crippen molar-refractivity contribution in [2.75, 3.05) is 19.0 Å². The number of benzene rings is 2. The van der Waals surface area contributed by atoms with Crippen LogP contribution < -0.4 is 15.4 Å². The standard InChI is InChI=1S/C20H20N4O4/c1-3-18-23-24-20(28-18)13-7-6-8-14(11-13)22-17(25)12-21-19(26)15-9-4-5-10-16(15)27-2/h4-11H,3,12H2,1-2H3,(H,21,26)(H,22,25). The molecule has 8 heteroatoms. The molecule has 2 amide bonds. The second kappa shape index (κ2) is 8.81. The van der Waals surface area contributed by atoms with Crippen LogP contribution in [0.3, 0.4) is 0 Å². The topological polar surface area (TPSA) is 106 Å². The Labute approximate surface area is 161 Å². The van der Waals surface area contributed by atoms with E-state index in [9.17, 15) is 9.59 Å². The van der Waals surface area contributed by atoms with Crippen LogP contribution in [-0.2, 0) is 11.2 Å². The number of carbonyl (C=O) groups excluding carboxylic acids is 2. The summed E-state index contributed by atoms with van der Waals surface area (Å²) in [6, 6.07) is 13.9. The summed E-state index contributed by atoms with van der Waals surface area (Å²) < 4.78 is 10.7. The number of nitrogens with one attached hydrogen (secondary N) is 2. The summed E-state index contributed by atoms with van der Waals surface area (Å²) >= 11 is 0. The van der Waals surface area contributed by atoms with Crippen molar-refractivity contribution in [2.24, 2.45) is 0 Å². The molecule has 2 N–H and O–H groups in total. The first kappa shape index (κ1) is 19.1. The number of nitrogens with zero attached hydrogens (tertiary/aromatic N) is 2. The fraction of sp³-hybridized carbons (Fsp3) is 0.200. The quantitative estimate of drug-likeness (QED) is 0.653. The van der Waals surface area contributed by atoms with E-state index in [1.54, 1.807) is 42.5 Å². The SMILES string of the molecule is CCc1nnc(-c2cccc(NC(=O)CNC(=O)c3ccccc3OC)c2)o1. The van der Waals surface area contributed by atoms with Gasteiger partial charge in [-0.1, -0.05) is 25.1 Å². The van der Waals surface area contributed by atoms with Gasteiger partial charge in [0.25, 0.3) is 5.91 Å². The van der Waals surface area contributed by atoms with Crippen LogP contribution in [0.1, 0.15) is 23.2 Å². The van der Waals surface area contributed by atoms with Gasteiger partial charge in [-0.15, -0.1) is 10.2 Å². The molecular formula is C20H20N4O4. The van der Waals surface area contributed by atoms with Gasteiger partial charge in [-0.25, -0.2) is 0 Å². The minimum absolute atomic E-state index is 0.179. The van der Waals surface area contributed by atoms with E-state index >= 15 is 0 Å². The number of amides is 2. The maximum absolute atomic E-state index is 12.3. The predicted molar refractivity (Wildman–Crippen MR) is 103 cm³/mol. The van der Waals surface area contributed by atoms with Gasteiger partial charge >= 0.3 is 0 Å². The highest BCUT2D eigenvalue weighted by molar-refractivity contribution is 6.01. The summed E-state index contributed by atoms with van der Waals surface area (Å²) in [6.07, 6.45) is 0.648. The van der Waals surface area contributed by atoms with Gasteiger partial charge in [0.2, 0.25) is 17.7 Å². The fourth-order valence-corrected chi connectivity index (χ4v) is 2.54. The number of anilines is 1. The molecule has 0 saturated carbocycles. The average Bonchev–Trinajstić information content (AvgIpc) is 3.21.